The Bertz CT molecular complexity index is 325. The van der Waals surface area contributed by atoms with Gasteiger partial charge >= 0.3 is 0 Å². The molecule has 0 aliphatic heterocycles. The summed E-state index contributed by atoms with van der Waals surface area (Å²) in [6.07, 6.45) is 3.80. The molecule has 3 nitrogen and oxygen atoms in total. The molecule has 0 aromatic carbocycles. The first kappa shape index (κ1) is 15.3. The number of aliphatic hydroxyl groups excluding tert-OH is 1. The highest BCUT2D eigenvalue weighted by Crippen LogP contribution is 2.12. The molecule has 102 valence electrons. The van der Waals surface area contributed by atoms with E-state index in [2.05, 4.69) is 11.8 Å². The summed E-state index contributed by atoms with van der Waals surface area (Å²) in [5.41, 5.74) is 0. The van der Waals surface area contributed by atoms with Crippen LogP contribution >= 0.6 is 11.3 Å². The van der Waals surface area contributed by atoms with Crippen LogP contribution in [0.1, 0.15) is 42.3 Å². The Morgan fingerprint density at radius 2 is 2.11 bits per heavy atom. The topological polar surface area (TPSA) is 40.5 Å². The molecule has 0 bridgehead atoms. The highest BCUT2D eigenvalue weighted by molar-refractivity contribution is 7.12. The molecule has 0 amide bonds. The van der Waals surface area contributed by atoms with E-state index >= 15 is 0 Å². The number of hydrogen-bond acceptors (Lipinski definition) is 4. The summed E-state index contributed by atoms with van der Waals surface area (Å²) in [4.78, 5) is 14.9. The predicted octanol–water partition coefficient (Wildman–Crippen LogP) is 2.81. The van der Waals surface area contributed by atoms with Gasteiger partial charge in [0.15, 0.2) is 5.78 Å². The van der Waals surface area contributed by atoms with Gasteiger partial charge in [-0.25, -0.2) is 0 Å². The molecule has 0 unspecified atom stereocenters. The van der Waals surface area contributed by atoms with E-state index in [0.29, 0.717) is 13.0 Å². The Morgan fingerprint density at radius 3 is 2.72 bits per heavy atom. The fourth-order valence-electron chi connectivity index (χ4n) is 1.88. The first-order valence-corrected chi connectivity index (χ1v) is 7.55. The summed E-state index contributed by atoms with van der Waals surface area (Å²) in [7, 11) is 0. The number of nitrogens with zero attached hydrogens (tertiary/aromatic N) is 1. The van der Waals surface area contributed by atoms with Gasteiger partial charge in [0.05, 0.1) is 11.5 Å². The summed E-state index contributed by atoms with van der Waals surface area (Å²) >= 11 is 1.51. The number of rotatable bonds is 10. The van der Waals surface area contributed by atoms with Crippen molar-refractivity contribution in [3.8, 4) is 0 Å². The third-order valence-electron chi connectivity index (χ3n) is 2.92. The summed E-state index contributed by atoms with van der Waals surface area (Å²) in [5.74, 6) is 0.240. The molecule has 0 aliphatic rings. The lowest BCUT2D eigenvalue weighted by molar-refractivity contribution is 0.0977. The highest BCUT2D eigenvalue weighted by atomic mass is 32.1. The summed E-state index contributed by atoms with van der Waals surface area (Å²) < 4.78 is 0. The number of ketones is 1. The Hall–Kier alpha value is -0.710. The summed E-state index contributed by atoms with van der Waals surface area (Å²) in [5, 5.41) is 10.9. The van der Waals surface area contributed by atoms with Gasteiger partial charge in [-0.2, -0.15) is 0 Å². The average molecular weight is 269 g/mol. The number of Topliss-reactive ketones (excluding diaryl/α,β-unsaturated/α-hetero) is 1. The molecule has 1 rings (SSSR count). The lowest BCUT2D eigenvalue weighted by atomic mass is 10.2. The first-order chi connectivity index (χ1) is 8.77. The van der Waals surface area contributed by atoms with Gasteiger partial charge in [0.1, 0.15) is 0 Å². The molecule has 18 heavy (non-hydrogen) atoms. The van der Waals surface area contributed by atoms with Crippen LogP contribution in [0.2, 0.25) is 0 Å². The summed E-state index contributed by atoms with van der Waals surface area (Å²) in [6, 6.07) is 3.80. The first-order valence-electron chi connectivity index (χ1n) is 6.67. The molecular formula is C14H23NO2S. The largest absolute Gasteiger partial charge is 0.395 e. The molecule has 0 spiro atoms. The van der Waals surface area contributed by atoms with Gasteiger partial charge in [0.25, 0.3) is 0 Å². The number of carbonyl (C=O) groups excluding carboxylic acids is 1. The fraction of sp³-hybridized carbons (Fsp3) is 0.643. The maximum atomic E-state index is 11.8. The maximum Gasteiger partial charge on any atom is 0.172 e. The normalized spacial score (nSPS) is 11.1. The second-order valence-corrected chi connectivity index (χ2v) is 5.37. The standard InChI is InChI=1S/C14H23NO2S/c1-2-3-8-15(10-11-16)9-4-6-13(17)14-7-5-12-18-14/h5,7,12,16H,2-4,6,8-11H2,1H3. The maximum absolute atomic E-state index is 11.8. The van der Waals surface area contributed by atoms with Gasteiger partial charge in [-0.1, -0.05) is 19.4 Å². The van der Waals surface area contributed by atoms with Crippen molar-refractivity contribution in [2.75, 3.05) is 26.2 Å². The Morgan fingerprint density at radius 1 is 1.33 bits per heavy atom. The number of aliphatic hydroxyl groups is 1. The van der Waals surface area contributed by atoms with Crippen molar-refractivity contribution in [2.24, 2.45) is 0 Å². The van der Waals surface area contributed by atoms with Crippen LogP contribution in [0.25, 0.3) is 0 Å². The Balaban J connectivity index is 2.23. The molecule has 1 aromatic rings. The molecule has 0 radical (unpaired) electrons. The van der Waals surface area contributed by atoms with E-state index in [1.54, 1.807) is 0 Å². The van der Waals surface area contributed by atoms with Crippen molar-refractivity contribution < 1.29 is 9.90 Å². The Kier molecular flexibility index (Phi) is 7.89. The van der Waals surface area contributed by atoms with Gasteiger partial charge in [-0.3, -0.25) is 4.79 Å². The minimum atomic E-state index is 0.197. The average Bonchev–Trinajstić information content (AvgIpc) is 2.89. The molecule has 0 saturated carbocycles. The number of carbonyl (C=O) groups is 1. The van der Waals surface area contributed by atoms with E-state index < -0.39 is 0 Å². The second-order valence-electron chi connectivity index (χ2n) is 4.42. The molecule has 0 aliphatic carbocycles. The van der Waals surface area contributed by atoms with Crippen LogP contribution in [-0.4, -0.2) is 42.0 Å². The SMILES string of the molecule is CCCCN(CCO)CCCC(=O)c1cccs1. The molecular weight excluding hydrogens is 246 g/mol. The molecule has 4 heteroatoms. The molecule has 0 atom stereocenters. The molecule has 0 saturated heterocycles. The monoisotopic (exact) mass is 269 g/mol. The zero-order chi connectivity index (χ0) is 13.2. The van der Waals surface area contributed by atoms with E-state index in [4.69, 9.17) is 5.11 Å². The van der Waals surface area contributed by atoms with E-state index in [1.807, 2.05) is 17.5 Å². The zero-order valence-electron chi connectivity index (χ0n) is 11.1. The zero-order valence-corrected chi connectivity index (χ0v) is 11.9. The Labute approximate surface area is 113 Å². The van der Waals surface area contributed by atoms with Crippen molar-refractivity contribution in [2.45, 2.75) is 32.6 Å². The van der Waals surface area contributed by atoms with Crippen molar-refractivity contribution in [3.05, 3.63) is 22.4 Å². The van der Waals surface area contributed by atoms with Gasteiger partial charge in [-0.15, -0.1) is 11.3 Å². The van der Waals surface area contributed by atoms with Gasteiger partial charge in [0, 0.05) is 13.0 Å². The van der Waals surface area contributed by atoms with E-state index in [1.165, 1.54) is 11.3 Å². The van der Waals surface area contributed by atoms with Crippen molar-refractivity contribution in [3.63, 3.8) is 0 Å². The van der Waals surface area contributed by atoms with E-state index in [9.17, 15) is 4.79 Å². The van der Waals surface area contributed by atoms with Crippen LogP contribution in [0, 0.1) is 0 Å². The third kappa shape index (κ3) is 5.76. The molecule has 1 aromatic heterocycles. The van der Waals surface area contributed by atoms with Crippen LogP contribution < -0.4 is 0 Å². The molecule has 1 heterocycles. The van der Waals surface area contributed by atoms with Crippen molar-refractivity contribution >= 4 is 17.1 Å². The van der Waals surface area contributed by atoms with Gasteiger partial charge < -0.3 is 10.0 Å². The van der Waals surface area contributed by atoms with Crippen LogP contribution in [0.4, 0.5) is 0 Å². The minimum Gasteiger partial charge on any atom is -0.395 e. The lowest BCUT2D eigenvalue weighted by Gasteiger charge is -2.20. The van der Waals surface area contributed by atoms with Gasteiger partial charge in [0.2, 0.25) is 0 Å². The fourth-order valence-corrected chi connectivity index (χ4v) is 2.58. The molecule has 0 fully saturated rings. The van der Waals surface area contributed by atoms with Gasteiger partial charge in [-0.05, 0) is 37.4 Å². The second kappa shape index (κ2) is 9.25. The quantitative estimate of drug-likeness (QED) is 0.664. The highest BCUT2D eigenvalue weighted by Gasteiger charge is 2.08. The lowest BCUT2D eigenvalue weighted by Crippen LogP contribution is -2.29. The van der Waals surface area contributed by atoms with Crippen LogP contribution in [0.3, 0.4) is 0 Å². The number of hydrogen-bond donors (Lipinski definition) is 1. The predicted molar refractivity (Wildman–Crippen MR) is 76.3 cm³/mol. The molecule has 1 N–H and O–H groups in total. The number of thiophene rings is 1. The summed E-state index contributed by atoms with van der Waals surface area (Å²) in [6.45, 7) is 5.00. The number of unbranched alkanes of at least 4 members (excludes halogenated alkanes) is 1. The van der Waals surface area contributed by atoms with E-state index in [0.717, 1.165) is 37.2 Å². The minimum absolute atomic E-state index is 0.197. The third-order valence-corrected chi connectivity index (χ3v) is 3.83. The van der Waals surface area contributed by atoms with Crippen LogP contribution in [-0.2, 0) is 0 Å². The van der Waals surface area contributed by atoms with Crippen molar-refractivity contribution in [1.29, 1.82) is 0 Å². The van der Waals surface area contributed by atoms with Crippen LogP contribution in [0.15, 0.2) is 17.5 Å². The van der Waals surface area contributed by atoms with Crippen molar-refractivity contribution in [1.82, 2.24) is 4.90 Å². The van der Waals surface area contributed by atoms with E-state index in [-0.39, 0.29) is 12.4 Å². The van der Waals surface area contributed by atoms with Crippen LogP contribution in [0.5, 0.6) is 0 Å². The smallest absolute Gasteiger partial charge is 0.172 e.